The zero-order chi connectivity index (χ0) is 19.2. The highest BCUT2D eigenvalue weighted by atomic mass is 19.1. The van der Waals surface area contributed by atoms with Gasteiger partial charge in [0.1, 0.15) is 5.82 Å². The smallest absolute Gasteiger partial charge is 0.306 e. The Hall–Kier alpha value is -2.77. The Morgan fingerprint density at radius 1 is 1.26 bits per heavy atom. The van der Waals surface area contributed by atoms with Crippen LogP contribution in [0.2, 0.25) is 0 Å². The van der Waals surface area contributed by atoms with Crippen LogP contribution in [0.3, 0.4) is 0 Å². The first-order valence-electron chi connectivity index (χ1n) is 9.09. The van der Waals surface area contributed by atoms with E-state index in [-0.39, 0.29) is 36.5 Å². The molecule has 1 aromatic heterocycles. The molecule has 1 unspecified atom stereocenters. The number of esters is 1. The summed E-state index contributed by atoms with van der Waals surface area (Å²) in [5.74, 6) is -0.0195. The van der Waals surface area contributed by atoms with Crippen molar-refractivity contribution in [2.45, 2.75) is 38.5 Å². The fraction of sp³-hybridized carbons (Fsp3) is 0.474. The van der Waals surface area contributed by atoms with Gasteiger partial charge in [0.15, 0.2) is 0 Å². The van der Waals surface area contributed by atoms with Gasteiger partial charge in [-0.1, -0.05) is 0 Å². The molecule has 3 rings (SSSR count). The average molecular weight is 375 g/mol. The molecule has 1 aliphatic rings. The minimum atomic E-state index is -0.361. The summed E-state index contributed by atoms with van der Waals surface area (Å²) in [6, 6.07) is 5.84. The maximum absolute atomic E-state index is 13.0. The van der Waals surface area contributed by atoms with E-state index in [1.807, 2.05) is 0 Å². The highest BCUT2D eigenvalue weighted by Crippen LogP contribution is 2.28. The van der Waals surface area contributed by atoms with Crippen LogP contribution >= 0.6 is 0 Å². The molecule has 0 N–H and O–H groups in total. The average Bonchev–Trinajstić information content (AvgIpc) is 3.17. The second kappa shape index (κ2) is 8.75. The number of hydrogen-bond donors (Lipinski definition) is 0. The number of hydrogen-bond acceptors (Lipinski definition) is 6. The van der Waals surface area contributed by atoms with E-state index in [0.717, 1.165) is 12.8 Å². The topological polar surface area (TPSA) is 85.5 Å². The van der Waals surface area contributed by atoms with Gasteiger partial charge in [0.2, 0.25) is 17.7 Å². The summed E-state index contributed by atoms with van der Waals surface area (Å²) in [6.45, 7) is 3.18. The van der Waals surface area contributed by atoms with E-state index in [1.54, 1.807) is 24.0 Å². The van der Waals surface area contributed by atoms with Crippen LogP contribution in [-0.4, -0.2) is 46.7 Å². The van der Waals surface area contributed by atoms with Crippen molar-refractivity contribution in [3.63, 3.8) is 0 Å². The Balaban J connectivity index is 1.60. The molecule has 1 aromatic carbocycles. The number of piperidine rings is 1. The molecule has 0 saturated carbocycles. The number of amides is 1. The van der Waals surface area contributed by atoms with Crippen molar-refractivity contribution in [3.05, 3.63) is 36.0 Å². The highest BCUT2D eigenvalue weighted by Gasteiger charge is 2.28. The van der Waals surface area contributed by atoms with Gasteiger partial charge in [-0.3, -0.25) is 9.59 Å². The number of carbonyl (C=O) groups excluding carboxylic acids is 2. The fourth-order valence-electron chi connectivity index (χ4n) is 3.11. The summed E-state index contributed by atoms with van der Waals surface area (Å²) in [5.41, 5.74) is 0.647. The van der Waals surface area contributed by atoms with Gasteiger partial charge in [0.25, 0.3) is 0 Å². The summed E-state index contributed by atoms with van der Waals surface area (Å²) in [4.78, 5) is 25.5. The monoisotopic (exact) mass is 375 g/mol. The molecule has 0 spiro atoms. The van der Waals surface area contributed by atoms with Crippen LogP contribution < -0.4 is 0 Å². The van der Waals surface area contributed by atoms with Gasteiger partial charge in [-0.25, -0.2) is 4.39 Å². The minimum absolute atomic E-state index is 0.0491. The van der Waals surface area contributed by atoms with Crippen molar-refractivity contribution in [1.82, 2.24) is 15.1 Å². The lowest BCUT2D eigenvalue weighted by atomic mass is 9.97. The lowest BCUT2D eigenvalue weighted by molar-refractivity contribution is -0.146. The summed E-state index contributed by atoms with van der Waals surface area (Å²) in [7, 11) is 0. The van der Waals surface area contributed by atoms with Gasteiger partial charge in [-0.05, 0) is 44.0 Å². The van der Waals surface area contributed by atoms with E-state index < -0.39 is 0 Å². The third-order valence-electron chi connectivity index (χ3n) is 4.50. The maximum Gasteiger partial charge on any atom is 0.306 e. The largest absolute Gasteiger partial charge is 0.466 e. The van der Waals surface area contributed by atoms with Crippen molar-refractivity contribution >= 4 is 11.9 Å². The predicted octanol–water partition coefficient (Wildman–Crippen LogP) is 2.93. The number of likely N-dealkylation sites (tertiary alicyclic amines) is 1. The number of nitrogens with zero attached hydrogens (tertiary/aromatic N) is 3. The molecule has 144 valence electrons. The summed E-state index contributed by atoms with van der Waals surface area (Å²) < 4.78 is 23.6. The predicted molar refractivity (Wildman–Crippen MR) is 94.1 cm³/mol. The second-order valence-electron chi connectivity index (χ2n) is 6.44. The Labute approximate surface area is 156 Å². The van der Waals surface area contributed by atoms with Crippen molar-refractivity contribution < 1.29 is 23.1 Å². The van der Waals surface area contributed by atoms with Gasteiger partial charge >= 0.3 is 5.97 Å². The van der Waals surface area contributed by atoms with E-state index in [0.29, 0.717) is 37.0 Å². The Morgan fingerprint density at radius 3 is 2.78 bits per heavy atom. The SMILES string of the molecule is CCOC(=O)CCC(=O)N1CCCC(c2nnc(-c3ccc(F)cc3)o2)C1. The normalized spacial score (nSPS) is 17.0. The Morgan fingerprint density at radius 2 is 2.04 bits per heavy atom. The number of aromatic nitrogens is 2. The first-order valence-corrected chi connectivity index (χ1v) is 9.09. The molecule has 7 nitrogen and oxygen atoms in total. The van der Waals surface area contributed by atoms with E-state index in [2.05, 4.69) is 10.2 Å². The van der Waals surface area contributed by atoms with Gasteiger partial charge in [0.05, 0.1) is 18.9 Å². The maximum atomic E-state index is 13.0. The van der Waals surface area contributed by atoms with E-state index >= 15 is 0 Å². The van der Waals surface area contributed by atoms with Gasteiger partial charge in [0, 0.05) is 25.1 Å². The van der Waals surface area contributed by atoms with E-state index in [4.69, 9.17) is 9.15 Å². The van der Waals surface area contributed by atoms with Gasteiger partial charge in [-0.2, -0.15) is 0 Å². The zero-order valence-corrected chi connectivity index (χ0v) is 15.2. The summed E-state index contributed by atoms with van der Waals surface area (Å²) in [5, 5.41) is 8.15. The lowest BCUT2D eigenvalue weighted by Crippen LogP contribution is -2.39. The highest BCUT2D eigenvalue weighted by molar-refractivity contribution is 5.81. The Bertz CT molecular complexity index is 791. The number of rotatable bonds is 6. The van der Waals surface area contributed by atoms with Crippen molar-refractivity contribution in [2.24, 2.45) is 0 Å². The van der Waals surface area contributed by atoms with Crippen LogP contribution in [-0.2, 0) is 14.3 Å². The molecule has 1 aliphatic heterocycles. The molecule has 1 saturated heterocycles. The number of carbonyl (C=O) groups is 2. The molecule has 1 amide bonds. The zero-order valence-electron chi connectivity index (χ0n) is 15.2. The van der Waals surface area contributed by atoms with Gasteiger partial charge in [-0.15, -0.1) is 10.2 Å². The minimum Gasteiger partial charge on any atom is -0.466 e. The van der Waals surface area contributed by atoms with E-state index in [9.17, 15) is 14.0 Å². The van der Waals surface area contributed by atoms with Crippen LogP contribution in [0, 0.1) is 5.82 Å². The van der Waals surface area contributed by atoms with Crippen LogP contribution in [0.25, 0.3) is 11.5 Å². The molecule has 0 radical (unpaired) electrons. The summed E-state index contributed by atoms with van der Waals surface area (Å²) in [6.07, 6.45) is 1.89. The van der Waals surface area contributed by atoms with Crippen molar-refractivity contribution in [3.8, 4) is 11.5 Å². The molecule has 0 bridgehead atoms. The van der Waals surface area contributed by atoms with Gasteiger partial charge < -0.3 is 14.1 Å². The van der Waals surface area contributed by atoms with Crippen LogP contribution in [0.4, 0.5) is 4.39 Å². The van der Waals surface area contributed by atoms with Crippen LogP contribution in [0.5, 0.6) is 0 Å². The quantitative estimate of drug-likeness (QED) is 0.722. The van der Waals surface area contributed by atoms with Crippen LogP contribution in [0.15, 0.2) is 28.7 Å². The Kier molecular flexibility index (Phi) is 6.16. The van der Waals surface area contributed by atoms with Crippen molar-refractivity contribution in [1.29, 1.82) is 0 Å². The molecule has 1 atom stereocenters. The number of ether oxygens (including phenoxy) is 1. The molecule has 0 aliphatic carbocycles. The molecular weight excluding hydrogens is 353 g/mol. The number of halogens is 1. The standard InChI is InChI=1S/C19H22FN3O4/c1-2-26-17(25)10-9-16(24)23-11-3-4-14(12-23)19-22-21-18(27-19)13-5-7-15(20)8-6-13/h5-8,14H,2-4,9-12H2,1H3. The molecule has 27 heavy (non-hydrogen) atoms. The van der Waals surface area contributed by atoms with E-state index in [1.165, 1.54) is 12.1 Å². The lowest BCUT2D eigenvalue weighted by Gasteiger charge is -2.31. The third kappa shape index (κ3) is 4.90. The summed E-state index contributed by atoms with van der Waals surface area (Å²) >= 11 is 0. The molecule has 2 aromatic rings. The second-order valence-corrected chi connectivity index (χ2v) is 6.44. The fourth-order valence-corrected chi connectivity index (χ4v) is 3.11. The number of benzene rings is 1. The van der Waals surface area contributed by atoms with Crippen LogP contribution in [0.1, 0.15) is 44.4 Å². The molecule has 2 heterocycles. The first kappa shape index (κ1) is 19.0. The molecule has 8 heteroatoms. The molecular formula is C19H22FN3O4. The van der Waals surface area contributed by atoms with Crippen molar-refractivity contribution in [2.75, 3.05) is 19.7 Å². The first-order chi connectivity index (χ1) is 13.1. The third-order valence-corrected chi connectivity index (χ3v) is 4.50. The molecule has 1 fully saturated rings.